The quantitative estimate of drug-likeness (QED) is 0.0190. The number of primary amides is 2. The van der Waals surface area contributed by atoms with Crippen LogP contribution in [0.1, 0.15) is 165 Å². The van der Waals surface area contributed by atoms with Crippen molar-refractivity contribution < 1.29 is 86.6 Å². The molecule has 2 saturated heterocycles. The van der Waals surface area contributed by atoms with Crippen molar-refractivity contribution in [2.75, 3.05) is 65.9 Å². The van der Waals surface area contributed by atoms with Crippen molar-refractivity contribution in [2.45, 2.75) is 229 Å². The first-order valence-electron chi connectivity index (χ1n) is 46.9. The number of carbonyl (C=O) groups excluding carboxylic acids is 17. The molecule has 40 heteroatoms. The fraction of sp³-hybridized carbons (Fsp3) is 0.500. The summed E-state index contributed by atoms with van der Waals surface area (Å²) in [6.07, 6.45) is 4.41. The fourth-order valence-corrected chi connectivity index (χ4v) is 18.4. The number of aromatic amines is 3. The zero-order valence-electron chi connectivity index (χ0n) is 79.8. The highest BCUT2D eigenvalue weighted by atomic mass is 32.2. The van der Waals surface area contributed by atoms with E-state index in [1.54, 1.807) is 135 Å². The van der Waals surface area contributed by atoms with Crippen molar-refractivity contribution >= 4 is 140 Å². The maximum absolute atomic E-state index is 15.8. The smallest absolute Gasteiger partial charge is 0.246 e. The lowest BCUT2D eigenvalue weighted by atomic mass is 9.89. The highest BCUT2D eigenvalue weighted by molar-refractivity contribution is 8.00. The number of thioether (sulfide) groups is 1. The van der Waals surface area contributed by atoms with E-state index < -0.39 is 235 Å². The fourth-order valence-electron chi connectivity index (χ4n) is 17.5. The topological polar surface area (TPSA) is 585 Å². The molecule has 3 aromatic heterocycles. The minimum atomic E-state index is -1.84. The number of H-pyrrole nitrogens is 3. The molecule has 744 valence electrons. The highest BCUT2D eigenvalue weighted by Crippen LogP contribution is 2.35. The number of carbonyl (C=O) groups is 17. The van der Waals surface area contributed by atoms with Gasteiger partial charge in [-0.3, -0.25) is 86.9 Å². The van der Waals surface area contributed by atoms with Gasteiger partial charge in [0.2, 0.25) is 82.7 Å². The number of imidazole rings is 1. The third kappa shape index (κ3) is 30.9. The number of nitrogens with one attached hydrogen (secondary N) is 12. The first kappa shape index (κ1) is 108. The van der Waals surface area contributed by atoms with Gasteiger partial charge in [-0.25, -0.2) is 4.98 Å². The highest BCUT2D eigenvalue weighted by Gasteiger charge is 2.46. The Balaban J connectivity index is 1.10. The monoisotopic (exact) mass is 1920 g/mol. The molecule has 0 aliphatic carbocycles. The summed E-state index contributed by atoms with van der Waals surface area (Å²) in [6, 6.07) is 15.4. The Kier molecular flexibility index (Phi) is 41.2. The lowest BCUT2D eigenvalue weighted by Gasteiger charge is -2.36. The molecule has 9 rings (SSSR count). The van der Waals surface area contributed by atoms with Crippen molar-refractivity contribution in [2.24, 2.45) is 35.0 Å². The molecular formula is C98H133N21O18S. The second-order valence-electron chi connectivity index (χ2n) is 36.2. The number of aromatic nitrogens is 4. The Morgan fingerprint density at radius 2 is 1.09 bits per heavy atom. The molecule has 14 atom stereocenters. The van der Waals surface area contributed by atoms with Crippen LogP contribution in [0.5, 0.6) is 0 Å². The zero-order chi connectivity index (χ0) is 101. The van der Waals surface area contributed by atoms with E-state index in [1.807, 2.05) is 13.8 Å². The van der Waals surface area contributed by atoms with Gasteiger partial charge >= 0.3 is 0 Å². The van der Waals surface area contributed by atoms with Crippen LogP contribution in [0, 0.1) is 23.2 Å². The Morgan fingerprint density at radius 3 is 1.70 bits per heavy atom. The van der Waals surface area contributed by atoms with E-state index in [4.69, 9.17) is 22.6 Å². The molecule has 2 fully saturated rings. The number of fused-ring (bicyclic) bond motifs is 3. The van der Waals surface area contributed by atoms with Gasteiger partial charge in [0, 0.05) is 156 Å². The number of benzene rings is 4. The number of aliphatic hydroxyl groups is 1. The lowest BCUT2D eigenvalue weighted by Crippen LogP contribution is -2.60. The van der Waals surface area contributed by atoms with Crippen LogP contribution < -0.4 is 59.7 Å². The number of rotatable bonds is 28. The maximum Gasteiger partial charge on any atom is 0.246 e. The van der Waals surface area contributed by atoms with Crippen molar-refractivity contribution in [3.05, 3.63) is 162 Å². The number of likely N-dealkylation sites (N-methyl/N-ethyl adjacent to an activating group) is 4. The molecule has 7 aromatic rings. The van der Waals surface area contributed by atoms with Gasteiger partial charge in [-0.2, -0.15) is 0 Å². The number of hydrogen-bond donors (Lipinski definition) is 16. The van der Waals surface area contributed by atoms with Crippen molar-refractivity contribution in [3.63, 3.8) is 0 Å². The van der Waals surface area contributed by atoms with Crippen LogP contribution in [0.4, 0.5) is 0 Å². The summed E-state index contributed by atoms with van der Waals surface area (Å²) in [5.41, 5.74) is 21.1. The van der Waals surface area contributed by atoms with E-state index in [9.17, 15) is 33.9 Å². The van der Waals surface area contributed by atoms with Crippen LogP contribution in [0.2, 0.25) is 0 Å². The summed E-state index contributed by atoms with van der Waals surface area (Å²) in [5.74, 6) is -18.7. The summed E-state index contributed by atoms with van der Waals surface area (Å²) < 4.78 is 0. The minimum Gasteiger partial charge on any atom is -0.394 e. The number of nitrogens with two attached hydrogens (primary N) is 3. The molecule has 1 unspecified atom stereocenters. The number of ketones is 3. The van der Waals surface area contributed by atoms with E-state index >= 15 is 52.7 Å². The molecule has 0 spiro atoms. The van der Waals surface area contributed by atoms with E-state index in [0.29, 0.717) is 75.4 Å². The molecular weight excluding hydrogens is 1790 g/mol. The summed E-state index contributed by atoms with van der Waals surface area (Å²) in [5, 5.41) is 42.2. The predicted molar refractivity (Wildman–Crippen MR) is 518 cm³/mol. The van der Waals surface area contributed by atoms with Crippen molar-refractivity contribution in [1.82, 2.24) is 87.0 Å². The number of aliphatic hydroxyl groups excluding tert-OH is 1. The molecule has 14 amide bonds. The van der Waals surface area contributed by atoms with Gasteiger partial charge in [0.05, 0.1) is 55.7 Å². The third-order valence-corrected chi connectivity index (χ3v) is 26.4. The maximum atomic E-state index is 15.8. The molecule has 0 saturated carbocycles. The van der Waals surface area contributed by atoms with Gasteiger partial charge in [0.25, 0.3) is 0 Å². The summed E-state index contributed by atoms with van der Waals surface area (Å²) >= 11 is 0.858. The predicted octanol–water partition coefficient (Wildman–Crippen LogP) is 2.67. The molecule has 0 radical (unpaired) electrons. The van der Waals surface area contributed by atoms with Crippen LogP contribution in [0.3, 0.4) is 0 Å². The Bertz CT molecular complexity index is 5420. The Hall–Kier alpha value is -13.7. The second-order valence-corrected chi connectivity index (χ2v) is 37.2. The van der Waals surface area contributed by atoms with Crippen LogP contribution in [0.25, 0.3) is 21.8 Å². The van der Waals surface area contributed by atoms with E-state index in [-0.39, 0.29) is 94.9 Å². The number of unbranched alkanes of at least 4 members (excludes halogenated alkanes) is 2. The Morgan fingerprint density at radius 1 is 0.543 bits per heavy atom. The zero-order valence-corrected chi connectivity index (χ0v) is 80.6. The van der Waals surface area contributed by atoms with E-state index in [2.05, 4.69) is 62.5 Å². The lowest BCUT2D eigenvalue weighted by molar-refractivity contribution is -0.149. The first-order valence-corrected chi connectivity index (χ1v) is 48.1. The minimum absolute atomic E-state index is 0.00880. The van der Waals surface area contributed by atoms with Gasteiger partial charge in [0.1, 0.15) is 48.3 Å². The summed E-state index contributed by atoms with van der Waals surface area (Å²) in [7, 11) is 5.37. The molecule has 39 nitrogen and oxygen atoms in total. The largest absolute Gasteiger partial charge is 0.394 e. The SMILES string of the molecule is CCCC[C@H]1C(=O)N(C)[C@@H](CCCC)C(=O)C[C@@H](CCCNC(=N)N)C(=O)N[C@H](C(=O)CCC(N)=O)CSCC(=O)N[C@@H](Cc2ccccc2)C(=O)N(C)[C@@H](C)C(=O)N[C@@H](CC(N)=O)C(=O)N2C[C@H](c3ccccc3)CC2C(=O)C[C@@H](Cc2cnc[nH]2)C(=O)N[C@@H](CC(C)C)C(=O)N(C)CC(=O)N[C@@H](Cc2c[nH]c3ccccc23)C(=O)N[C@@H](CO)C(=O)N[C@@H](Cc2c[nH]c3ccccc23)C(=O)N1C. The second kappa shape index (κ2) is 52.6. The molecule has 4 aromatic carbocycles. The number of guanidine groups is 1. The van der Waals surface area contributed by atoms with E-state index in [1.165, 1.54) is 62.3 Å². The number of hydrogen-bond acceptors (Lipinski definition) is 21. The van der Waals surface area contributed by atoms with Gasteiger partial charge in [-0.05, 0) is 85.8 Å². The van der Waals surface area contributed by atoms with E-state index in [0.717, 1.165) is 21.6 Å². The number of para-hydroxylation sites is 2. The molecule has 2 aliphatic rings. The number of amides is 14. The van der Waals surface area contributed by atoms with Gasteiger partial charge in [-0.15, -0.1) is 11.8 Å². The van der Waals surface area contributed by atoms with Crippen LogP contribution in [0.15, 0.2) is 134 Å². The van der Waals surface area contributed by atoms with Gasteiger partial charge in [-0.1, -0.05) is 150 Å². The summed E-state index contributed by atoms with van der Waals surface area (Å²) in [6.45, 7) is 6.77. The Labute approximate surface area is 806 Å². The molecule has 19 N–H and O–H groups in total. The van der Waals surface area contributed by atoms with Crippen molar-refractivity contribution in [3.8, 4) is 0 Å². The molecule has 5 heterocycles. The normalized spacial score (nSPS) is 23.7. The van der Waals surface area contributed by atoms with Gasteiger partial charge in [0.15, 0.2) is 23.3 Å². The van der Waals surface area contributed by atoms with Crippen LogP contribution in [-0.2, 0) is 107 Å². The molecule has 138 heavy (non-hydrogen) atoms. The average Bonchev–Trinajstić information content (AvgIpc) is 1.48. The standard InChI is InChI=1S/C98H133N21O18S/c1-10-12-34-78-82(122)45-61(29-24-38-104-98(101)102)89(129)114-77(81(121)36-37-84(99)124)54-138-55-87(127)109-73(40-59-25-16-14-17-26-59)94(134)116(7)58(5)88(128)110-75(47-85(100)125)96(136)119-51-65(60-27-18-15-19-28-60)44-80(119)83(123)46-62(41-66-50-103-56-107-66)90(130)111-72(39-57(3)4)93(133)115(6)52-86(126)108-71(42-63-48-105-69-32-22-20-30-67(63)69)91(131)113-76(53-120)92(132)112-74(43-64-49-106-70-33-23-21-31-68(64)70)95(135)118(9)79(35-13-11-2)97(137)117(78)8/h14-23,25-28,30-33,48-50,56-58,61-62,65,71-80,105-106,120H,10-13,24,29,34-47,51-55H2,1-9H3,(H2,99,124)(H2,100,125)(H,103,107)(H,108,126)(H,109,127)(H,110,128)(H,111,130)(H,112,132)(H,113,131)(H,114,129)(H4,101,102,104)/t58-,61+,62+,65+,71-,72-,73-,74-,75-,76-,77-,78-,79-,80?/m0/s1. The summed E-state index contributed by atoms with van der Waals surface area (Å²) in [4.78, 5) is 271. The average molecular weight is 1930 g/mol. The third-order valence-electron chi connectivity index (χ3n) is 25.3. The number of nitrogens with zero attached hydrogens (tertiary/aromatic N) is 6. The molecule has 2 aliphatic heterocycles. The molecule has 0 bridgehead atoms. The van der Waals surface area contributed by atoms with Crippen LogP contribution >= 0.6 is 11.8 Å². The van der Waals surface area contributed by atoms with Gasteiger partial charge < -0.3 is 104 Å². The number of Topliss-reactive ketones (excluding diaryl/α,β-unsaturated/α-hetero) is 3. The van der Waals surface area contributed by atoms with Crippen molar-refractivity contribution in [1.29, 1.82) is 5.41 Å². The van der Waals surface area contributed by atoms with Crippen LogP contribution in [-0.4, -0.2) is 288 Å². The first-order chi connectivity index (χ1) is 65.9.